The van der Waals surface area contributed by atoms with E-state index in [-0.39, 0.29) is 17.1 Å². The number of carbonyl (C=O) groups excluding carboxylic acids is 1. The van der Waals surface area contributed by atoms with Crippen molar-refractivity contribution in [1.29, 1.82) is 0 Å². The Bertz CT molecular complexity index is 1220. The number of ether oxygens (including phenoxy) is 1. The highest BCUT2D eigenvalue weighted by Gasteiger charge is 2.20. The van der Waals surface area contributed by atoms with Crippen LogP contribution in [0.25, 0.3) is 0 Å². The molecule has 0 bridgehead atoms. The van der Waals surface area contributed by atoms with Crippen molar-refractivity contribution in [2.45, 2.75) is 11.4 Å². The van der Waals surface area contributed by atoms with Gasteiger partial charge in [-0.25, -0.2) is 26.3 Å². The first-order valence-corrected chi connectivity index (χ1v) is 10.4. The Hall–Kier alpha value is -3.37. The van der Waals surface area contributed by atoms with Crippen LogP contribution in [0.2, 0.25) is 0 Å². The van der Waals surface area contributed by atoms with Gasteiger partial charge in [-0.1, -0.05) is 12.1 Å². The average Bonchev–Trinajstić information content (AvgIpc) is 2.75. The van der Waals surface area contributed by atoms with Crippen LogP contribution in [0.1, 0.15) is 15.9 Å². The van der Waals surface area contributed by atoms with Crippen molar-refractivity contribution in [3.63, 3.8) is 0 Å². The van der Waals surface area contributed by atoms with Crippen molar-refractivity contribution in [3.8, 4) is 5.75 Å². The molecule has 0 unspecified atom stereocenters. The first-order valence-electron chi connectivity index (χ1n) is 8.88. The molecule has 0 aliphatic carbocycles. The van der Waals surface area contributed by atoms with E-state index in [1.165, 1.54) is 7.11 Å². The number of amides is 1. The van der Waals surface area contributed by atoms with Crippen molar-refractivity contribution < 1.29 is 31.1 Å². The van der Waals surface area contributed by atoms with Crippen LogP contribution in [0.15, 0.2) is 65.6 Å². The molecule has 2 N–H and O–H groups in total. The highest BCUT2D eigenvalue weighted by atomic mass is 32.2. The molecule has 1 amide bonds. The fraction of sp³-hybridized carbons (Fsp3) is 0.0952. The second-order valence-corrected chi connectivity index (χ2v) is 8.16. The predicted octanol–water partition coefficient (Wildman–Crippen LogP) is 3.84. The van der Waals surface area contributed by atoms with Gasteiger partial charge in [0.2, 0.25) is 10.0 Å². The van der Waals surface area contributed by atoms with Crippen LogP contribution < -0.4 is 14.8 Å². The summed E-state index contributed by atoms with van der Waals surface area (Å²) in [5, 5.41) is 2.20. The molecule has 0 aliphatic heterocycles. The number of methoxy groups -OCH3 is 1. The number of halogens is 3. The highest BCUT2D eigenvalue weighted by molar-refractivity contribution is 7.89. The fourth-order valence-corrected chi connectivity index (χ4v) is 3.67. The summed E-state index contributed by atoms with van der Waals surface area (Å²) < 4.78 is 73.0. The zero-order valence-corrected chi connectivity index (χ0v) is 17.0. The van der Waals surface area contributed by atoms with Crippen LogP contribution in [-0.2, 0) is 16.6 Å². The molecule has 10 heteroatoms. The molecule has 31 heavy (non-hydrogen) atoms. The van der Waals surface area contributed by atoms with E-state index < -0.39 is 38.9 Å². The minimum atomic E-state index is -4.07. The van der Waals surface area contributed by atoms with E-state index in [2.05, 4.69) is 10.0 Å². The maximum absolute atomic E-state index is 14.2. The number of nitrogens with one attached hydrogen (secondary N) is 2. The number of carbonyl (C=O) groups is 1. The van der Waals surface area contributed by atoms with Crippen molar-refractivity contribution in [2.24, 2.45) is 0 Å². The van der Waals surface area contributed by atoms with Crippen LogP contribution in [0.3, 0.4) is 0 Å². The topological polar surface area (TPSA) is 84.5 Å². The molecule has 3 aromatic rings. The Labute approximate surface area is 176 Å². The van der Waals surface area contributed by atoms with E-state index in [1.807, 2.05) is 0 Å². The monoisotopic (exact) mass is 450 g/mol. The Morgan fingerprint density at radius 2 is 1.58 bits per heavy atom. The lowest BCUT2D eigenvalue weighted by Crippen LogP contribution is -2.24. The van der Waals surface area contributed by atoms with Crippen LogP contribution in [0.5, 0.6) is 5.75 Å². The molecule has 0 spiro atoms. The molecule has 3 aromatic carbocycles. The van der Waals surface area contributed by atoms with Gasteiger partial charge in [0.15, 0.2) is 11.6 Å². The van der Waals surface area contributed by atoms with Gasteiger partial charge in [-0.2, -0.15) is 0 Å². The van der Waals surface area contributed by atoms with Crippen molar-refractivity contribution in [2.75, 3.05) is 12.4 Å². The van der Waals surface area contributed by atoms with Gasteiger partial charge in [0.1, 0.15) is 11.6 Å². The molecule has 0 saturated carbocycles. The minimum Gasteiger partial charge on any atom is -0.497 e. The van der Waals surface area contributed by atoms with Gasteiger partial charge in [-0.3, -0.25) is 4.79 Å². The maximum atomic E-state index is 14.2. The standard InChI is InChI=1S/C21H17F3N2O4S/c1-30-15-5-2-13(3-6-15)12-25-31(28,29)16-7-9-18(22)17(11-16)21(27)26-14-4-8-19(23)20(24)10-14/h2-11,25H,12H2,1H3,(H,26,27). The van der Waals surface area contributed by atoms with Crippen molar-refractivity contribution in [1.82, 2.24) is 4.72 Å². The summed E-state index contributed by atoms with van der Waals surface area (Å²) in [7, 11) is -2.56. The van der Waals surface area contributed by atoms with Gasteiger partial charge in [0.05, 0.1) is 17.6 Å². The Morgan fingerprint density at radius 1 is 0.903 bits per heavy atom. The number of anilines is 1. The third kappa shape index (κ3) is 5.41. The zero-order valence-electron chi connectivity index (χ0n) is 16.2. The third-order valence-electron chi connectivity index (χ3n) is 4.30. The number of rotatable bonds is 7. The quantitative estimate of drug-likeness (QED) is 0.573. The predicted molar refractivity (Wildman–Crippen MR) is 108 cm³/mol. The lowest BCUT2D eigenvalue weighted by molar-refractivity contribution is 0.102. The van der Waals surface area contributed by atoms with E-state index in [4.69, 9.17) is 4.74 Å². The molecule has 0 fully saturated rings. The second kappa shape index (κ2) is 9.19. The SMILES string of the molecule is COc1ccc(CNS(=O)(=O)c2ccc(F)c(C(=O)Nc3ccc(F)c(F)c3)c2)cc1. The normalized spacial score (nSPS) is 11.2. The van der Waals surface area contributed by atoms with E-state index in [0.717, 1.165) is 36.4 Å². The third-order valence-corrected chi connectivity index (χ3v) is 5.69. The van der Waals surface area contributed by atoms with Crippen LogP contribution >= 0.6 is 0 Å². The molecule has 0 radical (unpaired) electrons. The number of hydrogen-bond donors (Lipinski definition) is 2. The molecule has 0 saturated heterocycles. The van der Waals surface area contributed by atoms with Gasteiger partial charge >= 0.3 is 0 Å². The lowest BCUT2D eigenvalue weighted by atomic mass is 10.2. The number of sulfonamides is 1. The number of hydrogen-bond acceptors (Lipinski definition) is 4. The minimum absolute atomic E-state index is 0.0416. The lowest BCUT2D eigenvalue weighted by Gasteiger charge is -2.10. The molecule has 3 rings (SSSR count). The van der Waals surface area contributed by atoms with E-state index >= 15 is 0 Å². The molecule has 6 nitrogen and oxygen atoms in total. The molecule has 0 aromatic heterocycles. The molecule has 0 aliphatic rings. The summed E-state index contributed by atoms with van der Waals surface area (Å²) in [6.07, 6.45) is 0. The van der Waals surface area contributed by atoms with Crippen molar-refractivity contribution >= 4 is 21.6 Å². The zero-order chi connectivity index (χ0) is 22.6. The van der Waals surface area contributed by atoms with E-state index in [1.54, 1.807) is 24.3 Å². The summed E-state index contributed by atoms with van der Waals surface area (Å²) in [6.45, 7) is -0.0416. The van der Waals surface area contributed by atoms with Crippen LogP contribution in [-0.4, -0.2) is 21.4 Å². The molecule has 162 valence electrons. The molecule has 0 atom stereocenters. The van der Waals surface area contributed by atoms with Crippen LogP contribution in [0.4, 0.5) is 18.9 Å². The average molecular weight is 450 g/mol. The van der Waals surface area contributed by atoms with Gasteiger partial charge in [-0.15, -0.1) is 0 Å². The van der Waals surface area contributed by atoms with Gasteiger partial charge in [0, 0.05) is 18.3 Å². The molecular weight excluding hydrogens is 433 g/mol. The Kier molecular flexibility index (Phi) is 6.62. The summed E-state index contributed by atoms with van der Waals surface area (Å²) >= 11 is 0. The fourth-order valence-electron chi connectivity index (χ4n) is 2.62. The summed E-state index contributed by atoms with van der Waals surface area (Å²) in [6, 6.07) is 12.0. The maximum Gasteiger partial charge on any atom is 0.258 e. The first-order chi connectivity index (χ1) is 14.7. The second-order valence-electron chi connectivity index (χ2n) is 6.40. The van der Waals surface area contributed by atoms with Gasteiger partial charge in [-0.05, 0) is 48.0 Å². The highest BCUT2D eigenvalue weighted by Crippen LogP contribution is 2.19. The Balaban J connectivity index is 1.77. The van der Waals surface area contributed by atoms with Gasteiger partial charge in [0.25, 0.3) is 5.91 Å². The van der Waals surface area contributed by atoms with Gasteiger partial charge < -0.3 is 10.1 Å². The summed E-state index contributed by atoms with van der Waals surface area (Å²) in [5.41, 5.74) is -0.0333. The van der Waals surface area contributed by atoms with Crippen molar-refractivity contribution in [3.05, 3.63) is 89.2 Å². The summed E-state index contributed by atoms with van der Waals surface area (Å²) in [5.74, 6) is -3.69. The molecular formula is C21H17F3N2O4S. The van der Waals surface area contributed by atoms with E-state index in [9.17, 15) is 26.4 Å². The largest absolute Gasteiger partial charge is 0.497 e. The van der Waals surface area contributed by atoms with Crippen LogP contribution in [0, 0.1) is 17.5 Å². The smallest absolute Gasteiger partial charge is 0.258 e. The first kappa shape index (κ1) is 22.3. The molecule has 0 heterocycles. The summed E-state index contributed by atoms with van der Waals surface area (Å²) in [4.78, 5) is 12.0. The van der Waals surface area contributed by atoms with E-state index in [0.29, 0.717) is 11.3 Å². The Morgan fingerprint density at radius 3 is 2.23 bits per heavy atom. The number of benzene rings is 3.